The van der Waals surface area contributed by atoms with E-state index in [1.807, 2.05) is 0 Å². The topological polar surface area (TPSA) is 95.7 Å². The van der Waals surface area contributed by atoms with E-state index >= 15 is 0 Å². The maximum atomic E-state index is 13.0. The molecule has 1 aliphatic heterocycles. The molecule has 3 rings (SSSR count). The van der Waals surface area contributed by atoms with Crippen LogP contribution in [0.4, 0.5) is 10.1 Å². The van der Waals surface area contributed by atoms with Gasteiger partial charge in [-0.3, -0.25) is 14.9 Å². The molecular formula is C19H20FN3O4S. The van der Waals surface area contributed by atoms with E-state index in [0.29, 0.717) is 29.3 Å². The van der Waals surface area contributed by atoms with Gasteiger partial charge in [0.15, 0.2) is 0 Å². The average molecular weight is 405 g/mol. The molecule has 0 bridgehead atoms. The summed E-state index contributed by atoms with van der Waals surface area (Å²) in [5.41, 5.74) is 0.0155. The Morgan fingerprint density at radius 1 is 1.32 bits per heavy atom. The lowest BCUT2D eigenvalue weighted by atomic mass is 10.1. The number of nitrogens with one attached hydrogen (secondary N) is 1. The van der Waals surface area contributed by atoms with Gasteiger partial charge in [-0.25, -0.2) is 4.39 Å². The molecule has 1 saturated heterocycles. The molecule has 28 heavy (non-hydrogen) atoms. The zero-order chi connectivity index (χ0) is 20.1. The summed E-state index contributed by atoms with van der Waals surface area (Å²) in [4.78, 5) is 24.2. The molecule has 2 aromatic carbocycles. The van der Waals surface area contributed by atoms with Crippen molar-refractivity contribution in [3.05, 3.63) is 64.0 Å². The number of rotatable bonds is 7. The molecule has 9 heteroatoms. The van der Waals surface area contributed by atoms with Crippen LogP contribution in [-0.4, -0.2) is 40.2 Å². The Morgan fingerprint density at radius 2 is 2.07 bits per heavy atom. The van der Waals surface area contributed by atoms with E-state index in [2.05, 4.69) is 5.32 Å². The SMILES string of the molecule is O=C(NCCC1CCCN1O)c1ccc(Sc2ccc(F)cc2)c([N+](=O)[O-])c1. The third-order valence-corrected chi connectivity index (χ3v) is 5.64. The lowest BCUT2D eigenvalue weighted by Gasteiger charge is -2.17. The summed E-state index contributed by atoms with van der Waals surface area (Å²) >= 11 is 1.13. The van der Waals surface area contributed by atoms with Gasteiger partial charge in [0.2, 0.25) is 0 Å². The van der Waals surface area contributed by atoms with Crippen LogP contribution < -0.4 is 5.32 Å². The van der Waals surface area contributed by atoms with Crippen LogP contribution in [0.25, 0.3) is 0 Å². The van der Waals surface area contributed by atoms with Gasteiger partial charge in [0.05, 0.1) is 9.82 Å². The van der Waals surface area contributed by atoms with Crippen molar-refractivity contribution >= 4 is 23.4 Å². The number of amides is 1. The molecule has 0 aromatic heterocycles. The Morgan fingerprint density at radius 3 is 2.71 bits per heavy atom. The van der Waals surface area contributed by atoms with E-state index in [9.17, 15) is 24.5 Å². The van der Waals surface area contributed by atoms with E-state index < -0.39 is 10.8 Å². The molecule has 0 saturated carbocycles. The first-order chi connectivity index (χ1) is 13.4. The van der Waals surface area contributed by atoms with Gasteiger partial charge in [0, 0.05) is 35.7 Å². The highest BCUT2D eigenvalue weighted by atomic mass is 32.2. The summed E-state index contributed by atoms with van der Waals surface area (Å²) in [7, 11) is 0. The highest BCUT2D eigenvalue weighted by Gasteiger charge is 2.23. The lowest BCUT2D eigenvalue weighted by Crippen LogP contribution is -2.32. The second-order valence-electron chi connectivity index (χ2n) is 6.50. The third kappa shape index (κ3) is 5.06. The Bertz CT molecular complexity index is 863. The van der Waals surface area contributed by atoms with Crippen LogP contribution in [0.1, 0.15) is 29.6 Å². The molecule has 148 valence electrons. The molecule has 0 spiro atoms. The van der Waals surface area contributed by atoms with Crippen molar-refractivity contribution in [1.29, 1.82) is 0 Å². The van der Waals surface area contributed by atoms with Crippen LogP contribution in [0.3, 0.4) is 0 Å². The first-order valence-electron chi connectivity index (χ1n) is 8.89. The number of benzene rings is 2. The van der Waals surface area contributed by atoms with Gasteiger partial charge in [-0.15, -0.1) is 0 Å². The van der Waals surface area contributed by atoms with Crippen molar-refractivity contribution in [3.63, 3.8) is 0 Å². The quantitative estimate of drug-likeness (QED) is 0.536. The minimum absolute atomic E-state index is 0.0316. The van der Waals surface area contributed by atoms with Crippen LogP contribution in [0.15, 0.2) is 52.3 Å². The monoisotopic (exact) mass is 405 g/mol. The fourth-order valence-electron chi connectivity index (χ4n) is 3.09. The largest absolute Gasteiger partial charge is 0.352 e. The number of nitrogens with zero attached hydrogens (tertiary/aromatic N) is 2. The van der Waals surface area contributed by atoms with Crippen LogP contribution >= 0.6 is 11.8 Å². The Hall–Kier alpha value is -2.49. The number of nitro benzene ring substituents is 1. The molecule has 0 aliphatic carbocycles. The number of halogens is 1. The van der Waals surface area contributed by atoms with Crippen molar-refractivity contribution < 1.29 is 19.3 Å². The van der Waals surface area contributed by atoms with Crippen LogP contribution in [0.2, 0.25) is 0 Å². The molecule has 7 nitrogen and oxygen atoms in total. The molecule has 0 radical (unpaired) electrons. The maximum absolute atomic E-state index is 13.0. The minimum Gasteiger partial charge on any atom is -0.352 e. The minimum atomic E-state index is -0.537. The fraction of sp³-hybridized carbons (Fsp3) is 0.316. The van der Waals surface area contributed by atoms with Gasteiger partial charge in [0.1, 0.15) is 5.82 Å². The zero-order valence-corrected chi connectivity index (χ0v) is 15.8. The maximum Gasteiger partial charge on any atom is 0.284 e. The van der Waals surface area contributed by atoms with Gasteiger partial charge >= 0.3 is 0 Å². The Labute approximate surface area is 165 Å². The smallest absolute Gasteiger partial charge is 0.284 e. The highest BCUT2D eigenvalue weighted by molar-refractivity contribution is 7.99. The molecule has 1 heterocycles. The molecule has 1 aliphatic rings. The summed E-state index contributed by atoms with van der Waals surface area (Å²) in [5.74, 6) is -0.781. The van der Waals surface area contributed by atoms with Gasteiger partial charge in [-0.1, -0.05) is 11.8 Å². The van der Waals surface area contributed by atoms with E-state index in [4.69, 9.17) is 0 Å². The second kappa shape index (κ2) is 9.13. The average Bonchev–Trinajstić information content (AvgIpc) is 3.08. The lowest BCUT2D eigenvalue weighted by molar-refractivity contribution is -0.387. The zero-order valence-electron chi connectivity index (χ0n) is 15.0. The molecule has 1 fully saturated rings. The summed E-state index contributed by atoms with van der Waals surface area (Å²) in [6.07, 6.45) is 2.42. The van der Waals surface area contributed by atoms with Crippen molar-refractivity contribution in [2.24, 2.45) is 0 Å². The summed E-state index contributed by atoms with van der Waals surface area (Å²) in [6, 6.07) is 9.98. The van der Waals surface area contributed by atoms with Crippen molar-refractivity contribution in [2.75, 3.05) is 13.1 Å². The first kappa shape index (κ1) is 20.2. The highest BCUT2D eigenvalue weighted by Crippen LogP contribution is 2.35. The van der Waals surface area contributed by atoms with Gasteiger partial charge in [0.25, 0.3) is 11.6 Å². The predicted octanol–water partition coefficient (Wildman–Crippen LogP) is 3.86. The second-order valence-corrected chi connectivity index (χ2v) is 7.61. The number of carbonyl (C=O) groups is 1. The molecule has 2 N–H and O–H groups in total. The standard InChI is InChI=1S/C19H20FN3O4S/c20-14-4-6-16(7-5-14)28-18-8-3-13(12-17(18)23(26)27)19(24)21-10-9-15-2-1-11-22(15)25/h3-8,12,15,25H,1-2,9-11H2,(H,21,24). The molecule has 1 atom stereocenters. The Kier molecular flexibility index (Phi) is 6.61. The van der Waals surface area contributed by atoms with Gasteiger partial charge in [-0.05, 0) is 55.7 Å². The van der Waals surface area contributed by atoms with E-state index in [-0.39, 0.29) is 23.1 Å². The van der Waals surface area contributed by atoms with Crippen molar-refractivity contribution in [1.82, 2.24) is 10.4 Å². The number of hydrogen-bond donors (Lipinski definition) is 2. The predicted molar refractivity (Wildman–Crippen MR) is 102 cm³/mol. The normalized spacial score (nSPS) is 16.9. The van der Waals surface area contributed by atoms with Crippen LogP contribution in [0, 0.1) is 15.9 Å². The van der Waals surface area contributed by atoms with E-state index in [1.54, 1.807) is 0 Å². The summed E-state index contributed by atoms with van der Waals surface area (Å²) in [5, 5.41) is 25.1. The van der Waals surface area contributed by atoms with Crippen LogP contribution in [0.5, 0.6) is 0 Å². The Balaban J connectivity index is 1.66. The summed E-state index contributed by atoms with van der Waals surface area (Å²) in [6.45, 7) is 1.01. The van der Waals surface area contributed by atoms with Gasteiger partial charge in [-0.2, -0.15) is 5.06 Å². The third-order valence-electron chi connectivity index (χ3n) is 4.57. The molecule has 1 unspecified atom stereocenters. The van der Waals surface area contributed by atoms with Gasteiger partial charge < -0.3 is 10.5 Å². The first-order valence-corrected chi connectivity index (χ1v) is 9.71. The van der Waals surface area contributed by atoms with E-state index in [1.165, 1.54) is 47.5 Å². The van der Waals surface area contributed by atoms with Crippen LogP contribution in [-0.2, 0) is 0 Å². The fourth-order valence-corrected chi connectivity index (χ4v) is 3.99. The molecule has 2 aromatic rings. The molecule has 1 amide bonds. The number of carbonyl (C=O) groups excluding carboxylic acids is 1. The van der Waals surface area contributed by atoms with E-state index in [0.717, 1.165) is 24.6 Å². The van der Waals surface area contributed by atoms with Crippen molar-refractivity contribution in [2.45, 2.75) is 35.1 Å². The summed E-state index contributed by atoms with van der Waals surface area (Å²) < 4.78 is 13.0. The number of hydrogen-bond acceptors (Lipinski definition) is 6. The van der Waals surface area contributed by atoms with Crippen molar-refractivity contribution in [3.8, 4) is 0 Å². The molecular weight excluding hydrogens is 385 g/mol. The number of hydroxylamine groups is 2. The number of nitro groups is 1.